The van der Waals surface area contributed by atoms with Crippen LogP contribution in [0.4, 0.5) is 5.82 Å². The summed E-state index contributed by atoms with van der Waals surface area (Å²) < 4.78 is 0. The number of hydrogen-bond donors (Lipinski definition) is 1. The van der Waals surface area contributed by atoms with E-state index >= 15 is 0 Å². The first-order valence-electron chi connectivity index (χ1n) is 6.18. The molecular formula is C14H25N3. The van der Waals surface area contributed by atoms with Gasteiger partial charge in [-0.15, -0.1) is 0 Å². The Bertz CT molecular complexity index is 366. The summed E-state index contributed by atoms with van der Waals surface area (Å²) >= 11 is 0. The molecule has 0 aliphatic rings. The van der Waals surface area contributed by atoms with Crippen molar-refractivity contribution in [2.75, 3.05) is 11.9 Å². The van der Waals surface area contributed by atoms with E-state index in [1.54, 1.807) is 0 Å². The first-order chi connectivity index (χ1) is 7.73. The molecule has 1 heterocycles. The van der Waals surface area contributed by atoms with Gasteiger partial charge in [-0.25, -0.2) is 4.98 Å². The van der Waals surface area contributed by atoms with Crippen molar-refractivity contribution in [1.82, 2.24) is 4.98 Å². The van der Waals surface area contributed by atoms with Crippen LogP contribution in [0.5, 0.6) is 0 Å². The smallest absolute Gasteiger partial charge is 0.128 e. The fourth-order valence-corrected chi connectivity index (χ4v) is 1.69. The van der Waals surface area contributed by atoms with Gasteiger partial charge < -0.3 is 10.6 Å². The highest BCUT2D eigenvalue weighted by molar-refractivity contribution is 5.42. The molecule has 2 N–H and O–H groups in total. The lowest BCUT2D eigenvalue weighted by atomic mass is 9.87. The normalized spacial score (nSPS) is 15.5. The van der Waals surface area contributed by atoms with Crippen LogP contribution in [0.3, 0.4) is 0 Å². The summed E-state index contributed by atoms with van der Waals surface area (Å²) in [6.45, 7) is 10.9. The van der Waals surface area contributed by atoms with Crippen LogP contribution in [-0.4, -0.2) is 18.1 Å². The minimum Gasteiger partial charge on any atom is -0.356 e. The fraction of sp³-hybridized carbons (Fsp3) is 0.643. The van der Waals surface area contributed by atoms with Crippen molar-refractivity contribution >= 4 is 5.82 Å². The Hall–Kier alpha value is -1.09. The third-order valence-electron chi connectivity index (χ3n) is 3.49. The van der Waals surface area contributed by atoms with Crippen molar-refractivity contribution in [1.29, 1.82) is 0 Å². The molecule has 0 aliphatic carbocycles. The summed E-state index contributed by atoms with van der Waals surface area (Å²) in [6.07, 6.45) is 1.83. The highest BCUT2D eigenvalue weighted by Crippen LogP contribution is 2.27. The van der Waals surface area contributed by atoms with Gasteiger partial charge in [-0.1, -0.05) is 20.8 Å². The van der Waals surface area contributed by atoms with Crippen molar-refractivity contribution in [2.24, 2.45) is 11.1 Å². The summed E-state index contributed by atoms with van der Waals surface area (Å²) in [5.41, 5.74) is 7.25. The molecule has 0 aliphatic heterocycles. The molecule has 0 fully saturated rings. The topological polar surface area (TPSA) is 42.1 Å². The molecule has 3 nitrogen and oxygen atoms in total. The molecule has 1 unspecified atom stereocenters. The highest BCUT2D eigenvalue weighted by Gasteiger charge is 2.24. The predicted octanol–water partition coefficient (Wildman–Crippen LogP) is 2.97. The molecule has 0 amide bonds. The third kappa shape index (κ3) is 3.43. The molecule has 3 heteroatoms. The standard InChI is InChI=1S/C14H25N3/c1-10(15)12-7-8-16-13(9-12)17(6)11(2)14(3,4)5/h7-11H,15H2,1-6H3/t10-,11?/m1/s1. The maximum absolute atomic E-state index is 5.90. The van der Waals surface area contributed by atoms with E-state index in [0.29, 0.717) is 6.04 Å². The number of nitrogens with two attached hydrogens (primary N) is 1. The van der Waals surface area contributed by atoms with Gasteiger partial charge in [0, 0.05) is 25.3 Å². The first kappa shape index (κ1) is 14.0. The Morgan fingerprint density at radius 1 is 1.29 bits per heavy atom. The van der Waals surface area contributed by atoms with Crippen LogP contribution < -0.4 is 10.6 Å². The van der Waals surface area contributed by atoms with Crippen LogP contribution >= 0.6 is 0 Å². The number of anilines is 1. The first-order valence-corrected chi connectivity index (χ1v) is 6.18. The fourth-order valence-electron chi connectivity index (χ4n) is 1.69. The number of rotatable bonds is 3. The lowest BCUT2D eigenvalue weighted by Crippen LogP contribution is -2.39. The average molecular weight is 235 g/mol. The minimum absolute atomic E-state index is 0.0510. The SMILES string of the molecule is CC(N(C)c1cc([C@@H](C)N)ccn1)C(C)(C)C. The number of nitrogens with zero attached hydrogens (tertiary/aromatic N) is 2. The summed E-state index contributed by atoms with van der Waals surface area (Å²) in [4.78, 5) is 6.64. The van der Waals surface area contributed by atoms with Crippen molar-refractivity contribution < 1.29 is 0 Å². The minimum atomic E-state index is 0.0510. The Morgan fingerprint density at radius 2 is 1.88 bits per heavy atom. The molecule has 0 saturated heterocycles. The van der Waals surface area contributed by atoms with Crippen molar-refractivity contribution in [3.8, 4) is 0 Å². The van der Waals surface area contributed by atoms with Gasteiger partial charge in [0.2, 0.25) is 0 Å². The van der Waals surface area contributed by atoms with E-state index in [4.69, 9.17) is 5.73 Å². The molecule has 0 bridgehead atoms. The Balaban J connectivity index is 2.96. The zero-order chi connectivity index (χ0) is 13.2. The quantitative estimate of drug-likeness (QED) is 0.875. The van der Waals surface area contributed by atoms with Crippen LogP contribution in [0.1, 0.15) is 46.2 Å². The zero-order valence-corrected chi connectivity index (χ0v) is 11.9. The molecule has 1 rings (SSSR count). The molecule has 96 valence electrons. The van der Waals surface area contributed by atoms with Gasteiger partial charge in [-0.3, -0.25) is 0 Å². The molecule has 0 radical (unpaired) electrons. The number of pyridine rings is 1. The number of hydrogen-bond acceptors (Lipinski definition) is 3. The average Bonchev–Trinajstić information content (AvgIpc) is 2.26. The van der Waals surface area contributed by atoms with Gasteiger partial charge in [-0.2, -0.15) is 0 Å². The largest absolute Gasteiger partial charge is 0.356 e. The lowest BCUT2D eigenvalue weighted by molar-refractivity contribution is 0.328. The number of aromatic nitrogens is 1. The van der Waals surface area contributed by atoms with E-state index in [0.717, 1.165) is 11.4 Å². The maximum Gasteiger partial charge on any atom is 0.128 e. The molecule has 0 aromatic carbocycles. The maximum atomic E-state index is 5.90. The van der Waals surface area contributed by atoms with E-state index < -0.39 is 0 Å². The van der Waals surface area contributed by atoms with E-state index in [-0.39, 0.29) is 11.5 Å². The van der Waals surface area contributed by atoms with E-state index in [1.807, 2.05) is 19.2 Å². The predicted molar refractivity (Wildman–Crippen MR) is 74.2 cm³/mol. The molecule has 1 aromatic heterocycles. The Kier molecular flexibility index (Phi) is 4.15. The van der Waals surface area contributed by atoms with Crippen LogP contribution in [0, 0.1) is 5.41 Å². The van der Waals surface area contributed by atoms with Crippen molar-refractivity contribution in [2.45, 2.75) is 46.7 Å². The zero-order valence-electron chi connectivity index (χ0n) is 11.9. The second-order valence-electron chi connectivity index (χ2n) is 5.89. The van der Waals surface area contributed by atoms with Gasteiger partial charge in [-0.05, 0) is 37.0 Å². The van der Waals surface area contributed by atoms with E-state index in [9.17, 15) is 0 Å². The summed E-state index contributed by atoms with van der Waals surface area (Å²) in [5.74, 6) is 0.988. The molecule has 0 saturated carbocycles. The van der Waals surface area contributed by atoms with Crippen LogP contribution in [0.25, 0.3) is 0 Å². The van der Waals surface area contributed by atoms with Crippen molar-refractivity contribution in [3.05, 3.63) is 23.9 Å². The van der Waals surface area contributed by atoms with Gasteiger partial charge in [0.05, 0.1) is 0 Å². The van der Waals surface area contributed by atoms with Crippen LogP contribution in [-0.2, 0) is 0 Å². The third-order valence-corrected chi connectivity index (χ3v) is 3.49. The van der Waals surface area contributed by atoms with E-state index in [2.05, 4.69) is 50.7 Å². The monoisotopic (exact) mass is 235 g/mol. The second-order valence-corrected chi connectivity index (χ2v) is 5.89. The van der Waals surface area contributed by atoms with Crippen LogP contribution in [0.2, 0.25) is 0 Å². The summed E-state index contributed by atoms with van der Waals surface area (Å²) in [6, 6.07) is 4.52. The lowest BCUT2D eigenvalue weighted by Gasteiger charge is -2.36. The Labute approximate surface area is 105 Å². The molecule has 17 heavy (non-hydrogen) atoms. The van der Waals surface area contributed by atoms with Crippen molar-refractivity contribution in [3.63, 3.8) is 0 Å². The second kappa shape index (κ2) is 5.05. The van der Waals surface area contributed by atoms with Gasteiger partial charge >= 0.3 is 0 Å². The van der Waals surface area contributed by atoms with E-state index in [1.165, 1.54) is 0 Å². The molecule has 2 atom stereocenters. The van der Waals surface area contributed by atoms with Gasteiger partial charge in [0.25, 0.3) is 0 Å². The molecule has 1 aromatic rings. The Morgan fingerprint density at radius 3 is 2.35 bits per heavy atom. The van der Waals surface area contributed by atoms with Crippen LogP contribution in [0.15, 0.2) is 18.3 Å². The summed E-state index contributed by atoms with van der Waals surface area (Å²) in [5, 5.41) is 0. The van der Waals surface area contributed by atoms with Gasteiger partial charge in [0.15, 0.2) is 0 Å². The molecular weight excluding hydrogens is 210 g/mol. The highest BCUT2D eigenvalue weighted by atomic mass is 15.2. The molecule has 0 spiro atoms. The van der Waals surface area contributed by atoms with Gasteiger partial charge in [0.1, 0.15) is 5.82 Å². The summed E-state index contributed by atoms with van der Waals surface area (Å²) in [7, 11) is 2.09.